The average molecular weight is 187 g/mol. The molecular weight excluding hydrogens is 174 g/mol. The van der Waals surface area contributed by atoms with Crippen LogP contribution in [0.1, 0.15) is 12.6 Å². The van der Waals surface area contributed by atoms with Crippen LogP contribution in [0.25, 0.3) is 0 Å². The normalized spacial score (nSPS) is 11.1. The smallest absolute Gasteiger partial charge is 0.0911 e. The fourth-order valence-electron chi connectivity index (χ4n) is 1.08. The Kier molecular flexibility index (Phi) is 3.29. The van der Waals surface area contributed by atoms with Gasteiger partial charge in [-0.2, -0.15) is 0 Å². The highest BCUT2D eigenvalue weighted by Gasteiger charge is 2.09. The van der Waals surface area contributed by atoms with Gasteiger partial charge in [0.2, 0.25) is 0 Å². The van der Waals surface area contributed by atoms with E-state index in [9.17, 15) is 0 Å². The number of nitrogens with one attached hydrogen (secondary N) is 1. The second kappa shape index (κ2) is 4.46. The Bertz CT molecular complexity index is 377. The maximum atomic E-state index is 7.48. The number of nitrogens with zero attached hydrogens (tertiary/aromatic N) is 2. The molecule has 72 valence electrons. The zero-order valence-corrected chi connectivity index (χ0v) is 8.41. The second-order valence-electron chi connectivity index (χ2n) is 2.89. The molecule has 0 unspecified atom stereocenters. The third-order valence-electron chi connectivity index (χ3n) is 1.87. The molecule has 3 heteroatoms. The third kappa shape index (κ3) is 2.13. The Labute approximate surface area is 83.7 Å². The SMILES string of the molecule is C=C(C(C)=N)C(=NC)c1ccccn1. The summed E-state index contributed by atoms with van der Waals surface area (Å²) >= 11 is 0. The minimum atomic E-state index is 0.413. The van der Waals surface area contributed by atoms with Gasteiger partial charge < -0.3 is 5.41 Å². The van der Waals surface area contributed by atoms with Crippen molar-refractivity contribution in [2.45, 2.75) is 6.92 Å². The number of hydrogen-bond donors (Lipinski definition) is 1. The molecule has 0 spiro atoms. The van der Waals surface area contributed by atoms with E-state index in [4.69, 9.17) is 5.41 Å². The van der Waals surface area contributed by atoms with Gasteiger partial charge in [0.1, 0.15) is 0 Å². The summed E-state index contributed by atoms with van der Waals surface area (Å²) in [5.41, 5.74) is 2.46. The summed E-state index contributed by atoms with van der Waals surface area (Å²) in [5, 5.41) is 7.48. The van der Waals surface area contributed by atoms with Crippen molar-refractivity contribution < 1.29 is 0 Å². The Morgan fingerprint density at radius 3 is 2.64 bits per heavy atom. The largest absolute Gasteiger partial charge is 0.305 e. The van der Waals surface area contributed by atoms with Crippen molar-refractivity contribution in [2.24, 2.45) is 4.99 Å². The van der Waals surface area contributed by atoms with E-state index in [0.717, 1.165) is 5.69 Å². The van der Waals surface area contributed by atoms with Crippen LogP contribution in [0.5, 0.6) is 0 Å². The van der Waals surface area contributed by atoms with Crippen molar-refractivity contribution in [3.8, 4) is 0 Å². The summed E-state index contributed by atoms with van der Waals surface area (Å²) in [6.07, 6.45) is 1.70. The second-order valence-corrected chi connectivity index (χ2v) is 2.89. The highest BCUT2D eigenvalue weighted by Crippen LogP contribution is 2.06. The monoisotopic (exact) mass is 187 g/mol. The minimum Gasteiger partial charge on any atom is -0.305 e. The van der Waals surface area contributed by atoms with E-state index in [2.05, 4.69) is 16.6 Å². The first-order valence-corrected chi connectivity index (χ1v) is 4.29. The van der Waals surface area contributed by atoms with Crippen molar-refractivity contribution in [3.63, 3.8) is 0 Å². The molecule has 1 aromatic heterocycles. The van der Waals surface area contributed by atoms with Gasteiger partial charge in [-0.05, 0) is 19.1 Å². The van der Waals surface area contributed by atoms with E-state index < -0.39 is 0 Å². The lowest BCUT2D eigenvalue weighted by molar-refractivity contribution is 1.27. The summed E-state index contributed by atoms with van der Waals surface area (Å²) in [5.74, 6) is 0. The number of allylic oxidation sites excluding steroid dienone is 1. The van der Waals surface area contributed by atoms with E-state index in [1.54, 1.807) is 20.2 Å². The molecule has 0 amide bonds. The van der Waals surface area contributed by atoms with Crippen molar-refractivity contribution in [2.75, 3.05) is 7.05 Å². The Morgan fingerprint density at radius 1 is 1.50 bits per heavy atom. The highest BCUT2D eigenvalue weighted by atomic mass is 14.8. The van der Waals surface area contributed by atoms with E-state index in [1.807, 2.05) is 18.2 Å². The summed E-state index contributed by atoms with van der Waals surface area (Å²) in [4.78, 5) is 8.26. The third-order valence-corrected chi connectivity index (χ3v) is 1.87. The molecule has 1 heterocycles. The van der Waals surface area contributed by atoms with Gasteiger partial charge in [-0.3, -0.25) is 9.98 Å². The lowest BCUT2D eigenvalue weighted by atomic mass is 10.1. The maximum Gasteiger partial charge on any atom is 0.0911 e. The first-order chi connectivity index (χ1) is 6.66. The fourth-order valence-corrected chi connectivity index (χ4v) is 1.08. The molecule has 0 fully saturated rings. The fraction of sp³-hybridized carbons (Fsp3) is 0.182. The van der Waals surface area contributed by atoms with Gasteiger partial charge in [0.15, 0.2) is 0 Å². The van der Waals surface area contributed by atoms with Crippen molar-refractivity contribution in [3.05, 3.63) is 42.2 Å². The van der Waals surface area contributed by atoms with Crippen LogP contribution in [0.15, 0.2) is 41.5 Å². The van der Waals surface area contributed by atoms with Crippen molar-refractivity contribution >= 4 is 11.4 Å². The first kappa shape index (κ1) is 10.3. The number of aliphatic imine (C=N–C) groups is 1. The van der Waals surface area contributed by atoms with Gasteiger partial charge in [-0.25, -0.2) is 0 Å². The molecule has 0 aromatic carbocycles. The topological polar surface area (TPSA) is 49.1 Å². The molecule has 1 aromatic rings. The van der Waals surface area contributed by atoms with Crippen LogP contribution in [-0.2, 0) is 0 Å². The van der Waals surface area contributed by atoms with Crippen LogP contribution in [0.4, 0.5) is 0 Å². The molecule has 0 bridgehead atoms. The molecule has 0 aliphatic carbocycles. The van der Waals surface area contributed by atoms with Crippen LogP contribution in [0.3, 0.4) is 0 Å². The van der Waals surface area contributed by atoms with Gasteiger partial charge in [-0.15, -0.1) is 0 Å². The zero-order valence-electron chi connectivity index (χ0n) is 8.41. The Morgan fingerprint density at radius 2 is 2.21 bits per heavy atom. The highest BCUT2D eigenvalue weighted by molar-refractivity contribution is 6.27. The Balaban J connectivity index is 3.07. The lowest BCUT2D eigenvalue weighted by Crippen LogP contribution is -2.11. The van der Waals surface area contributed by atoms with Gasteiger partial charge in [0, 0.05) is 24.5 Å². The zero-order chi connectivity index (χ0) is 10.6. The molecule has 0 saturated heterocycles. The lowest BCUT2D eigenvalue weighted by Gasteiger charge is -2.06. The van der Waals surface area contributed by atoms with Gasteiger partial charge in [-0.1, -0.05) is 12.6 Å². The van der Waals surface area contributed by atoms with Crippen LogP contribution in [0, 0.1) is 5.41 Å². The number of rotatable bonds is 3. The van der Waals surface area contributed by atoms with Crippen molar-refractivity contribution in [1.82, 2.24) is 4.98 Å². The molecule has 1 N–H and O–H groups in total. The predicted octanol–water partition coefficient (Wildman–Crippen LogP) is 2.10. The summed E-state index contributed by atoms with van der Waals surface area (Å²) in [6, 6.07) is 5.59. The predicted molar refractivity (Wildman–Crippen MR) is 59.2 cm³/mol. The molecule has 0 aliphatic heterocycles. The average Bonchev–Trinajstić information content (AvgIpc) is 2.20. The maximum absolute atomic E-state index is 7.48. The van der Waals surface area contributed by atoms with E-state index in [-0.39, 0.29) is 0 Å². The van der Waals surface area contributed by atoms with Crippen LogP contribution in [-0.4, -0.2) is 23.5 Å². The van der Waals surface area contributed by atoms with Gasteiger partial charge in [0.05, 0.1) is 11.4 Å². The molecular formula is C11H13N3. The quantitative estimate of drug-likeness (QED) is 0.724. The number of aromatic nitrogens is 1. The molecule has 0 atom stereocenters. The number of hydrogen-bond acceptors (Lipinski definition) is 3. The standard InChI is InChI=1S/C11H13N3/c1-8(9(2)12)11(13-3)10-6-4-5-7-14-10/h4-7,12H,1H2,2-3H3. The molecule has 0 saturated carbocycles. The first-order valence-electron chi connectivity index (χ1n) is 4.29. The van der Waals surface area contributed by atoms with E-state index >= 15 is 0 Å². The van der Waals surface area contributed by atoms with E-state index in [0.29, 0.717) is 17.0 Å². The Hall–Kier alpha value is -1.77. The summed E-state index contributed by atoms with van der Waals surface area (Å²) in [7, 11) is 1.68. The van der Waals surface area contributed by atoms with Crippen LogP contribution in [0.2, 0.25) is 0 Å². The molecule has 0 radical (unpaired) electrons. The van der Waals surface area contributed by atoms with E-state index in [1.165, 1.54) is 0 Å². The van der Waals surface area contributed by atoms with Crippen LogP contribution >= 0.6 is 0 Å². The van der Waals surface area contributed by atoms with Gasteiger partial charge >= 0.3 is 0 Å². The number of pyridine rings is 1. The molecule has 3 nitrogen and oxygen atoms in total. The summed E-state index contributed by atoms with van der Waals surface area (Å²) < 4.78 is 0. The minimum absolute atomic E-state index is 0.413. The van der Waals surface area contributed by atoms with Crippen LogP contribution < -0.4 is 0 Å². The van der Waals surface area contributed by atoms with Gasteiger partial charge in [0.25, 0.3) is 0 Å². The molecule has 1 rings (SSSR count). The molecule has 14 heavy (non-hydrogen) atoms. The molecule has 0 aliphatic rings. The summed E-state index contributed by atoms with van der Waals surface area (Å²) in [6.45, 7) is 5.50. The van der Waals surface area contributed by atoms with Crippen molar-refractivity contribution in [1.29, 1.82) is 5.41 Å².